The molecule has 0 unspecified atom stereocenters. The summed E-state index contributed by atoms with van der Waals surface area (Å²) < 4.78 is 27.0. The maximum Gasteiger partial charge on any atom is 0.261 e. The minimum Gasteiger partial charge on any atom is -0.295 e. The van der Waals surface area contributed by atoms with Crippen LogP contribution in [0.1, 0.15) is 22.8 Å². The van der Waals surface area contributed by atoms with E-state index in [2.05, 4.69) is 4.72 Å². The lowest BCUT2D eigenvalue weighted by molar-refractivity contribution is 0.101. The molecule has 0 amide bonds. The van der Waals surface area contributed by atoms with Crippen LogP contribution in [0.4, 0.5) is 5.69 Å². The molecule has 0 saturated heterocycles. The molecule has 0 aliphatic carbocycles. The van der Waals surface area contributed by atoms with Crippen LogP contribution in [0.15, 0.2) is 47.4 Å². The van der Waals surface area contributed by atoms with Crippen LogP contribution in [0.5, 0.6) is 0 Å². The molecule has 2 aromatic carbocycles. The van der Waals surface area contributed by atoms with Crippen LogP contribution in [-0.4, -0.2) is 14.2 Å². The first kappa shape index (κ1) is 15.5. The smallest absolute Gasteiger partial charge is 0.261 e. The first-order valence-electron chi connectivity index (χ1n) is 6.19. The van der Waals surface area contributed by atoms with E-state index < -0.39 is 10.0 Å². The van der Waals surface area contributed by atoms with Gasteiger partial charge in [0.25, 0.3) is 10.0 Å². The number of halogens is 1. The van der Waals surface area contributed by atoms with Gasteiger partial charge in [-0.05, 0) is 44.2 Å². The zero-order valence-corrected chi connectivity index (χ0v) is 13.1. The number of hydrogen-bond acceptors (Lipinski definition) is 3. The van der Waals surface area contributed by atoms with E-state index in [0.717, 1.165) is 5.56 Å². The van der Waals surface area contributed by atoms with Crippen molar-refractivity contribution >= 4 is 33.1 Å². The number of carbonyl (C=O) groups excluding carboxylic acids is 1. The molecule has 0 bridgehead atoms. The summed E-state index contributed by atoms with van der Waals surface area (Å²) in [6.45, 7) is 3.28. The predicted molar refractivity (Wildman–Crippen MR) is 83.4 cm³/mol. The van der Waals surface area contributed by atoms with Gasteiger partial charge in [0, 0.05) is 5.56 Å². The lowest BCUT2D eigenvalue weighted by Crippen LogP contribution is -2.13. The van der Waals surface area contributed by atoms with Gasteiger partial charge in [0.15, 0.2) is 5.78 Å². The largest absolute Gasteiger partial charge is 0.295 e. The molecule has 0 aliphatic heterocycles. The molecule has 4 nitrogen and oxygen atoms in total. The number of nitrogens with one attached hydrogen (secondary N) is 1. The predicted octanol–water partition coefficient (Wildman–Crippen LogP) is 3.65. The van der Waals surface area contributed by atoms with Crippen LogP contribution in [-0.2, 0) is 10.0 Å². The standard InChI is InChI=1S/C15H14ClNO3S/c1-10-3-6-13(7-4-10)21(19,20)17-15-9-12(11(2)18)5-8-14(15)16/h3-9,17H,1-2H3. The van der Waals surface area contributed by atoms with E-state index in [-0.39, 0.29) is 21.4 Å². The Bertz CT molecular complexity index is 783. The van der Waals surface area contributed by atoms with Crippen molar-refractivity contribution in [2.24, 2.45) is 0 Å². The summed E-state index contributed by atoms with van der Waals surface area (Å²) in [7, 11) is -3.74. The average Bonchev–Trinajstić information content (AvgIpc) is 2.41. The lowest BCUT2D eigenvalue weighted by Gasteiger charge is -2.11. The summed E-state index contributed by atoms with van der Waals surface area (Å²) in [5, 5.41) is 0.232. The fourth-order valence-corrected chi connectivity index (χ4v) is 3.04. The second-order valence-corrected chi connectivity index (χ2v) is 6.76. The van der Waals surface area contributed by atoms with Crippen LogP contribution in [0.2, 0.25) is 5.02 Å². The Balaban J connectivity index is 2.38. The van der Waals surface area contributed by atoms with Crippen LogP contribution in [0.25, 0.3) is 0 Å². The zero-order valence-electron chi connectivity index (χ0n) is 11.6. The summed E-state index contributed by atoms with van der Waals surface area (Å²) in [5.74, 6) is -0.164. The normalized spacial score (nSPS) is 11.2. The molecule has 0 spiro atoms. The van der Waals surface area contributed by atoms with Gasteiger partial charge >= 0.3 is 0 Å². The highest BCUT2D eigenvalue weighted by Crippen LogP contribution is 2.26. The SMILES string of the molecule is CC(=O)c1ccc(Cl)c(NS(=O)(=O)c2ccc(C)cc2)c1. The van der Waals surface area contributed by atoms with Gasteiger partial charge in [-0.25, -0.2) is 8.42 Å². The highest BCUT2D eigenvalue weighted by molar-refractivity contribution is 7.92. The highest BCUT2D eigenvalue weighted by Gasteiger charge is 2.16. The maximum atomic E-state index is 12.3. The van der Waals surface area contributed by atoms with Crippen LogP contribution in [0, 0.1) is 6.92 Å². The molecule has 0 aliphatic rings. The monoisotopic (exact) mass is 323 g/mol. The molecule has 21 heavy (non-hydrogen) atoms. The Morgan fingerprint density at radius 2 is 1.71 bits per heavy atom. The van der Waals surface area contributed by atoms with Gasteiger partial charge in [0.05, 0.1) is 15.6 Å². The molecule has 1 N–H and O–H groups in total. The van der Waals surface area contributed by atoms with E-state index in [9.17, 15) is 13.2 Å². The summed E-state index contributed by atoms with van der Waals surface area (Å²) in [5.41, 5.74) is 1.54. The van der Waals surface area contributed by atoms with Gasteiger partial charge in [-0.1, -0.05) is 29.3 Å². The van der Waals surface area contributed by atoms with E-state index in [0.29, 0.717) is 5.56 Å². The number of anilines is 1. The Morgan fingerprint density at radius 3 is 2.29 bits per heavy atom. The van der Waals surface area contributed by atoms with Gasteiger partial charge in [-0.15, -0.1) is 0 Å². The number of rotatable bonds is 4. The van der Waals surface area contributed by atoms with Crippen molar-refractivity contribution < 1.29 is 13.2 Å². The molecular weight excluding hydrogens is 310 g/mol. The second kappa shape index (κ2) is 5.87. The fourth-order valence-electron chi connectivity index (χ4n) is 1.74. The van der Waals surface area contributed by atoms with Gasteiger partial charge in [-0.2, -0.15) is 0 Å². The molecule has 0 atom stereocenters. The third-order valence-corrected chi connectivity index (χ3v) is 4.66. The first-order chi connectivity index (χ1) is 9.79. The lowest BCUT2D eigenvalue weighted by atomic mass is 10.1. The summed E-state index contributed by atoms with van der Waals surface area (Å²) in [4.78, 5) is 11.5. The first-order valence-corrected chi connectivity index (χ1v) is 8.06. The fraction of sp³-hybridized carbons (Fsp3) is 0.133. The number of carbonyl (C=O) groups is 1. The third kappa shape index (κ3) is 3.62. The quantitative estimate of drug-likeness (QED) is 0.873. The minimum atomic E-state index is -3.74. The van der Waals surface area contributed by atoms with E-state index in [1.165, 1.54) is 31.2 Å². The Kier molecular flexibility index (Phi) is 4.34. The van der Waals surface area contributed by atoms with Crippen molar-refractivity contribution in [3.63, 3.8) is 0 Å². The van der Waals surface area contributed by atoms with Crippen molar-refractivity contribution in [3.8, 4) is 0 Å². The Morgan fingerprint density at radius 1 is 1.10 bits per heavy atom. The minimum absolute atomic E-state index is 0.136. The summed E-state index contributed by atoms with van der Waals surface area (Å²) in [6.07, 6.45) is 0. The second-order valence-electron chi connectivity index (χ2n) is 4.67. The molecule has 0 aromatic heterocycles. The highest BCUT2D eigenvalue weighted by atomic mass is 35.5. The number of benzene rings is 2. The Hall–Kier alpha value is -1.85. The Labute approximate surface area is 128 Å². The molecule has 0 fully saturated rings. The van der Waals surface area contributed by atoms with E-state index in [4.69, 9.17) is 11.6 Å². The topological polar surface area (TPSA) is 63.2 Å². The number of ketones is 1. The van der Waals surface area contributed by atoms with Crippen LogP contribution in [0.3, 0.4) is 0 Å². The van der Waals surface area contributed by atoms with Crippen molar-refractivity contribution in [1.29, 1.82) is 0 Å². The van der Waals surface area contributed by atoms with Crippen molar-refractivity contribution in [2.45, 2.75) is 18.7 Å². The van der Waals surface area contributed by atoms with Gasteiger partial charge in [0.1, 0.15) is 0 Å². The summed E-state index contributed by atoms with van der Waals surface area (Å²) in [6, 6.07) is 10.9. The summed E-state index contributed by atoms with van der Waals surface area (Å²) >= 11 is 5.98. The number of sulfonamides is 1. The molecule has 6 heteroatoms. The maximum absolute atomic E-state index is 12.3. The number of Topliss-reactive ketones (excluding diaryl/α,β-unsaturated/α-hetero) is 1. The van der Waals surface area contributed by atoms with Gasteiger partial charge in [0.2, 0.25) is 0 Å². The molecule has 0 saturated carbocycles. The average molecular weight is 324 g/mol. The molecule has 110 valence electrons. The third-order valence-electron chi connectivity index (χ3n) is 2.95. The van der Waals surface area contributed by atoms with Gasteiger partial charge in [-0.3, -0.25) is 9.52 Å². The molecular formula is C15H14ClNO3S. The molecule has 0 radical (unpaired) electrons. The van der Waals surface area contributed by atoms with Crippen molar-refractivity contribution in [1.82, 2.24) is 0 Å². The zero-order chi connectivity index (χ0) is 15.6. The van der Waals surface area contributed by atoms with Crippen molar-refractivity contribution in [2.75, 3.05) is 4.72 Å². The molecule has 0 heterocycles. The van der Waals surface area contributed by atoms with Crippen LogP contribution < -0.4 is 4.72 Å². The van der Waals surface area contributed by atoms with E-state index >= 15 is 0 Å². The van der Waals surface area contributed by atoms with E-state index in [1.54, 1.807) is 18.2 Å². The van der Waals surface area contributed by atoms with E-state index in [1.807, 2.05) is 6.92 Å². The molecule has 2 aromatic rings. The number of aryl methyl sites for hydroxylation is 1. The number of hydrogen-bond donors (Lipinski definition) is 1. The van der Waals surface area contributed by atoms with Gasteiger partial charge < -0.3 is 0 Å². The van der Waals surface area contributed by atoms with Crippen LogP contribution >= 0.6 is 11.6 Å². The van der Waals surface area contributed by atoms with Crippen molar-refractivity contribution in [3.05, 3.63) is 58.6 Å². The molecule has 2 rings (SSSR count).